The Bertz CT molecular complexity index is 668. The van der Waals surface area contributed by atoms with Gasteiger partial charge in [-0.2, -0.15) is 0 Å². The summed E-state index contributed by atoms with van der Waals surface area (Å²) >= 11 is 0. The molecule has 25 heavy (non-hydrogen) atoms. The number of aryl methyl sites for hydroxylation is 1. The topological polar surface area (TPSA) is 49.3 Å². The zero-order chi connectivity index (χ0) is 17.6. The van der Waals surface area contributed by atoms with Gasteiger partial charge in [0.1, 0.15) is 11.6 Å². The van der Waals surface area contributed by atoms with Gasteiger partial charge in [-0.3, -0.25) is 14.6 Å². The molecule has 1 aromatic rings. The van der Waals surface area contributed by atoms with Crippen LogP contribution in [-0.2, 0) is 11.2 Å². The molecule has 3 heterocycles. The quantitative estimate of drug-likeness (QED) is 0.841. The standard InChI is InChI=1S/C20H30N4O/c1-13(2)23-11-5-4-6-17(23)19-21-14(3)16-9-10-18(25)24(20(16)22-19)12-15-7-8-15/h13,15,17H,4-12H2,1-3H3/t17-/m1/s1. The summed E-state index contributed by atoms with van der Waals surface area (Å²) in [6, 6.07) is 0.784. The highest BCUT2D eigenvalue weighted by atomic mass is 16.2. The van der Waals surface area contributed by atoms with Gasteiger partial charge in [-0.25, -0.2) is 9.97 Å². The zero-order valence-electron chi connectivity index (χ0n) is 15.8. The van der Waals surface area contributed by atoms with E-state index in [1.165, 1.54) is 31.2 Å². The van der Waals surface area contributed by atoms with Gasteiger partial charge >= 0.3 is 0 Å². The second-order valence-corrected chi connectivity index (χ2v) is 8.26. The van der Waals surface area contributed by atoms with Crippen molar-refractivity contribution < 1.29 is 4.79 Å². The van der Waals surface area contributed by atoms with Crippen LogP contribution in [0, 0.1) is 12.8 Å². The Balaban J connectivity index is 1.71. The Morgan fingerprint density at radius 1 is 1.12 bits per heavy atom. The van der Waals surface area contributed by atoms with E-state index in [-0.39, 0.29) is 11.9 Å². The molecule has 136 valence electrons. The molecular formula is C20H30N4O. The number of anilines is 1. The van der Waals surface area contributed by atoms with E-state index in [1.54, 1.807) is 0 Å². The maximum Gasteiger partial charge on any atom is 0.228 e. The smallest absolute Gasteiger partial charge is 0.228 e. The Kier molecular flexibility index (Phi) is 4.52. The molecule has 0 aromatic carbocycles. The predicted molar refractivity (Wildman–Crippen MR) is 98.6 cm³/mol. The van der Waals surface area contributed by atoms with Crippen LogP contribution < -0.4 is 4.90 Å². The summed E-state index contributed by atoms with van der Waals surface area (Å²) < 4.78 is 0. The number of likely N-dealkylation sites (tertiary alicyclic amines) is 1. The number of carbonyl (C=O) groups is 1. The summed E-state index contributed by atoms with van der Waals surface area (Å²) in [6.45, 7) is 8.57. The van der Waals surface area contributed by atoms with Crippen LogP contribution in [0.3, 0.4) is 0 Å². The molecule has 2 fully saturated rings. The number of nitrogens with zero attached hydrogens (tertiary/aromatic N) is 4. The first-order chi connectivity index (χ1) is 12.0. The molecule has 1 aromatic heterocycles. The van der Waals surface area contributed by atoms with Crippen molar-refractivity contribution in [2.75, 3.05) is 18.0 Å². The molecule has 1 atom stereocenters. The van der Waals surface area contributed by atoms with Gasteiger partial charge in [0.2, 0.25) is 5.91 Å². The lowest BCUT2D eigenvalue weighted by molar-refractivity contribution is -0.119. The largest absolute Gasteiger partial charge is 0.296 e. The van der Waals surface area contributed by atoms with Crippen molar-refractivity contribution in [3.63, 3.8) is 0 Å². The molecular weight excluding hydrogens is 312 g/mol. The van der Waals surface area contributed by atoms with E-state index < -0.39 is 0 Å². The maximum atomic E-state index is 12.5. The second kappa shape index (κ2) is 6.67. The summed E-state index contributed by atoms with van der Waals surface area (Å²) in [5.74, 6) is 2.77. The monoisotopic (exact) mass is 342 g/mol. The van der Waals surface area contributed by atoms with Crippen LogP contribution in [0.1, 0.15) is 75.5 Å². The van der Waals surface area contributed by atoms with Gasteiger partial charge in [-0.1, -0.05) is 6.42 Å². The predicted octanol–water partition coefficient (Wildman–Crippen LogP) is 3.41. The molecule has 0 radical (unpaired) electrons. The number of piperidine rings is 1. The minimum Gasteiger partial charge on any atom is -0.296 e. The average Bonchev–Trinajstić information content (AvgIpc) is 3.41. The Morgan fingerprint density at radius 2 is 1.92 bits per heavy atom. The molecule has 5 nitrogen and oxygen atoms in total. The molecule has 2 aliphatic heterocycles. The van der Waals surface area contributed by atoms with Crippen molar-refractivity contribution in [2.24, 2.45) is 5.92 Å². The third kappa shape index (κ3) is 3.31. The van der Waals surface area contributed by atoms with E-state index in [0.29, 0.717) is 18.4 Å². The van der Waals surface area contributed by atoms with Gasteiger partial charge < -0.3 is 0 Å². The average molecular weight is 342 g/mol. The van der Waals surface area contributed by atoms with Crippen LogP contribution in [0.15, 0.2) is 0 Å². The van der Waals surface area contributed by atoms with Gasteiger partial charge in [0, 0.05) is 30.3 Å². The maximum absolute atomic E-state index is 12.5. The third-order valence-electron chi connectivity index (χ3n) is 6.00. The van der Waals surface area contributed by atoms with Crippen molar-refractivity contribution in [1.29, 1.82) is 0 Å². The summed E-state index contributed by atoms with van der Waals surface area (Å²) in [6.07, 6.45) is 7.50. The number of aromatic nitrogens is 2. The van der Waals surface area contributed by atoms with Crippen LogP contribution >= 0.6 is 0 Å². The van der Waals surface area contributed by atoms with Crippen LogP contribution in [0.2, 0.25) is 0 Å². The molecule has 1 amide bonds. The molecule has 0 bridgehead atoms. The highest BCUT2D eigenvalue weighted by molar-refractivity contribution is 5.95. The fourth-order valence-corrected chi connectivity index (χ4v) is 4.35. The summed E-state index contributed by atoms with van der Waals surface area (Å²) in [4.78, 5) is 26.9. The van der Waals surface area contributed by atoms with E-state index in [2.05, 4.69) is 25.7 Å². The van der Waals surface area contributed by atoms with Crippen LogP contribution in [0.5, 0.6) is 0 Å². The van der Waals surface area contributed by atoms with E-state index in [4.69, 9.17) is 9.97 Å². The Hall–Kier alpha value is -1.49. The lowest BCUT2D eigenvalue weighted by atomic mass is 9.98. The van der Waals surface area contributed by atoms with Gasteiger partial charge in [0.05, 0.1) is 6.04 Å². The first kappa shape index (κ1) is 17.0. The van der Waals surface area contributed by atoms with E-state index in [0.717, 1.165) is 43.3 Å². The number of amides is 1. The van der Waals surface area contributed by atoms with Gasteiger partial charge in [-0.05, 0) is 65.3 Å². The molecule has 1 saturated heterocycles. The van der Waals surface area contributed by atoms with Crippen LogP contribution in [0.4, 0.5) is 5.82 Å². The van der Waals surface area contributed by atoms with Crippen molar-refractivity contribution >= 4 is 11.7 Å². The number of rotatable bonds is 4. The fourth-order valence-electron chi connectivity index (χ4n) is 4.35. The zero-order valence-corrected chi connectivity index (χ0v) is 15.8. The van der Waals surface area contributed by atoms with Crippen molar-refractivity contribution in [3.05, 3.63) is 17.1 Å². The molecule has 4 rings (SSSR count). The summed E-state index contributed by atoms with van der Waals surface area (Å²) in [5.41, 5.74) is 2.26. The molecule has 5 heteroatoms. The van der Waals surface area contributed by atoms with Crippen molar-refractivity contribution in [1.82, 2.24) is 14.9 Å². The molecule has 0 unspecified atom stereocenters. The molecule has 1 saturated carbocycles. The highest BCUT2D eigenvalue weighted by Crippen LogP contribution is 2.37. The van der Waals surface area contributed by atoms with Gasteiger partial charge in [-0.15, -0.1) is 0 Å². The summed E-state index contributed by atoms with van der Waals surface area (Å²) in [5, 5.41) is 0. The minimum absolute atomic E-state index is 0.243. The number of hydrogen-bond acceptors (Lipinski definition) is 4. The van der Waals surface area contributed by atoms with Crippen LogP contribution in [0.25, 0.3) is 0 Å². The Labute approximate surface area is 150 Å². The first-order valence-corrected chi connectivity index (χ1v) is 9.98. The minimum atomic E-state index is 0.243. The number of carbonyl (C=O) groups excluding carboxylic acids is 1. The summed E-state index contributed by atoms with van der Waals surface area (Å²) in [7, 11) is 0. The Morgan fingerprint density at radius 3 is 2.64 bits per heavy atom. The SMILES string of the molecule is Cc1nc([C@H]2CCCCN2C(C)C)nc2c1CCC(=O)N2CC1CC1. The first-order valence-electron chi connectivity index (χ1n) is 9.98. The third-order valence-corrected chi connectivity index (χ3v) is 6.00. The van der Waals surface area contributed by atoms with Crippen molar-refractivity contribution in [3.8, 4) is 0 Å². The van der Waals surface area contributed by atoms with Crippen molar-refractivity contribution in [2.45, 2.75) is 77.8 Å². The lowest BCUT2D eigenvalue weighted by Crippen LogP contribution is -2.41. The van der Waals surface area contributed by atoms with Crippen LogP contribution in [-0.4, -0.2) is 39.9 Å². The van der Waals surface area contributed by atoms with Gasteiger partial charge in [0.15, 0.2) is 0 Å². The van der Waals surface area contributed by atoms with E-state index in [9.17, 15) is 4.79 Å². The highest BCUT2D eigenvalue weighted by Gasteiger charge is 2.35. The van der Waals surface area contributed by atoms with E-state index >= 15 is 0 Å². The molecule has 0 N–H and O–H groups in total. The van der Waals surface area contributed by atoms with Gasteiger partial charge in [0.25, 0.3) is 0 Å². The molecule has 1 aliphatic carbocycles. The normalized spacial score (nSPS) is 24.7. The lowest BCUT2D eigenvalue weighted by Gasteiger charge is -2.38. The molecule has 3 aliphatic rings. The second-order valence-electron chi connectivity index (χ2n) is 8.26. The molecule has 0 spiro atoms. The fraction of sp³-hybridized carbons (Fsp3) is 0.750. The van der Waals surface area contributed by atoms with E-state index in [1.807, 2.05) is 4.90 Å². The number of fused-ring (bicyclic) bond motifs is 1. The number of hydrogen-bond donors (Lipinski definition) is 0.